The second-order valence-corrected chi connectivity index (χ2v) is 4.38. The van der Waals surface area contributed by atoms with Gasteiger partial charge in [-0.2, -0.15) is 5.26 Å². The molecule has 100 valence electrons. The summed E-state index contributed by atoms with van der Waals surface area (Å²) in [5.41, 5.74) is 1.81. The Morgan fingerprint density at radius 2 is 2.30 bits per heavy atom. The average molecular weight is 265 g/mol. The summed E-state index contributed by atoms with van der Waals surface area (Å²) in [6.45, 7) is 2.53. The molecule has 0 atom stereocenters. The van der Waals surface area contributed by atoms with E-state index in [-0.39, 0.29) is 11.5 Å². The number of fused-ring (bicyclic) bond motifs is 1. The lowest BCUT2D eigenvalue weighted by Crippen LogP contribution is -2.25. The number of carbonyl (C=O) groups excluding carboxylic acids is 1. The maximum Gasteiger partial charge on any atom is 0.261 e. The number of hydrogen-bond acceptors (Lipinski definition) is 3. The molecule has 1 aromatic heterocycles. The Morgan fingerprint density at radius 3 is 3.05 bits per heavy atom. The lowest BCUT2D eigenvalue weighted by Gasteiger charge is -2.02. The quantitative estimate of drug-likeness (QED) is 0.682. The largest absolute Gasteiger partial charge is 0.351 e. The van der Waals surface area contributed by atoms with Crippen LogP contribution in [0.1, 0.15) is 18.9 Å². The number of carbonyl (C=O) groups is 1. The zero-order valence-electron chi connectivity index (χ0n) is 11.3. The van der Waals surface area contributed by atoms with Crippen molar-refractivity contribution in [3.05, 3.63) is 47.7 Å². The SMILES string of the molecule is CCCNC(=O)/C(C#N)=C\c1ccc2ncccc2c1. The van der Waals surface area contributed by atoms with Gasteiger partial charge in [-0.1, -0.05) is 19.1 Å². The van der Waals surface area contributed by atoms with Crippen LogP contribution in [0.3, 0.4) is 0 Å². The number of benzene rings is 1. The third-order valence-corrected chi connectivity index (χ3v) is 2.84. The summed E-state index contributed by atoms with van der Waals surface area (Å²) in [6, 6.07) is 11.4. The molecule has 1 N–H and O–H groups in total. The number of aromatic nitrogens is 1. The van der Waals surface area contributed by atoms with Crippen molar-refractivity contribution in [2.45, 2.75) is 13.3 Å². The van der Waals surface area contributed by atoms with E-state index in [9.17, 15) is 4.79 Å². The highest BCUT2D eigenvalue weighted by Gasteiger charge is 2.07. The number of hydrogen-bond donors (Lipinski definition) is 1. The van der Waals surface area contributed by atoms with Crippen LogP contribution in [0.2, 0.25) is 0 Å². The molecule has 0 aliphatic rings. The van der Waals surface area contributed by atoms with Crippen LogP contribution in [0.15, 0.2) is 42.1 Å². The maximum absolute atomic E-state index is 11.8. The first kappa shape index (κ1) is 13.8. The van der Waals surface area contributed by atoms with Gasteiger partial charge in [-0.25, -0.2) is 0 Å². The maximum atomic E-state index is 11.8. The van der Waals surface area contributed by atoms with Gasteiger partial charge in [0.05, 0.1) is 5.52 Å². The predicted octanol–water partition coefficient (Wildman–Crippen LogP) is 2.67. The third-order valence-electron chi connectivity index (χ3n) is 2.84. The van der Waals surface area contributed by atoms with Crippen LogP contribution >= 0.6 is 0 Å². The number of nitrogens with zero attached hydrogens (tertiary/aromatic N) is 2. The van der Waals surface area contributed by atoms with Crippen molar-refractivity contribution < 1.29 is 4.79 Å². The van der Waals surface area contributed by atoms with Gasteiger partial charge in [-0.3, -0.25) is 9.78 Å². The van der Waals surface area contributed by atoms with E-state index in [0.29, 0.717) is 6.54 Å². The Hall–Kier alpha value is -2.67. The van der Waals surface area contributed by atoms with Crippen LogP contribution in [-0.2, 0) is 4.79 Å². The van der Waals surface area contributed by atoms with Crippen molar-refractivity contribution in [3.63, 3.8) is 0 Å². The second-order valence-electron chi connectivity index (χ2n) is 4.38. The fraction of sp³-hybridized carbons (Fsp3) is 0.188. The Labute approximate surface area is 117 Å². The number of rotatable bonds is 4. The van der Waals surface area contributed by atoms with Gasteiger partial charge in [0.2, 0.25) is 0 Å². The van der Waals surface area contributed by atoms with Gasteiger partial charge in [0.25, 0.3) is 5.91 Å². The lowest BCUT2D eigenvalue weighted by atomic mass is 10.1. The molecular weight excluding hydrogens is 250 g/mol. The molecule has 4 nitrogen and oxygen atoms in total. The lowest BCUT2D eigenvalue weighted by molar-refractivity contribution is -0.117. The van der Waals surface area contributed by atoms with Crippen LogP contribution in [0, 0.1) is 11.3 Å². The molecule has 0 saturated heterocycles. The van der Waals surface area contributed by atoms with Gasteiger partial charge < -0.3 is 5.32 Å². The number of nitriles is 1. The molecule has 0 bridgehead atoms. The molecule has 1 aromatic carbocycles. The summed E-state index contributed by atoms with van der Waals surface area (Å²) in [5, 5.41) is 12.8. The molecule has 1 heterocycles. The summed E-state index contributed by atoms with van der Waals surface area (Å²) >= 11 is 0. The Morgan fingerprint density at radius 1 is 1.45 bits per heavy atom. The smallest absolute Gasteiger partial charge is 0.261 e. The zero-order valence-corrected chi connectivity index (χ0v) is 11.3. The summed E-state index contributed by atoms with van der Waals surface area (Å²) in [6.07, 6.45) is 4.17. The van der Waals surface area contributed by atoms with E-state index in [2.05, 4.69) is 10.3 Å². The van der Waals surface area contributed by atoms with Crippen LogP contribution in [0.25, 0.3) is 17.0 Å². The molecule has 20 heavy (non-hydrogen) atoms. The van der Waals surface area contributed by atoms with Crippen LogP contribution in [-0.4, -0.2) is 17.4 Å². The number of pyridine rings is 1. The van der Waals surface area contributed by atoms with Gasteiger partial charge in [0, 0.05) is 18.1 Å². The highest BCUT2D eigenvalue weighted by molar-refractivity contribution is 6.02. The molecule has 2 aromatic rings. The Bertz CT molecular complexity index is 698. The molecule has 4 heteroatoms. The van der Waals surface area contributed by atoms with Gasteiger partial charge in [0.15, 0.2) is 0 Å². The highest BCUT2D eigenvalue weighted by Crippen LogP contribution is 2.15. The Kier molecular flexibility index (Phi) is 4.46. The zero-order chi connectivity index (χ0) is 14.4. The van der Waals surface area contributed by atoms with Crippen LogP contribution < -0.4 is 5.32 Å². The van der Waals surface area contributed by atoms with E-state index in [4.69, 9.17) is 5.26 Å². The number of nitrogens with one attached hydrogen (secondary N) is 1. The molecule has 0 radical (unpaired) electrons. The monoisotopic (exact) mass is 265 g/mol. The summed E-state index contributed by atoms with van der Waals surface area (Å²) < 4.78 is 0. The van der Waals surface area contributed by atoms with Crippen molar-refractivity contribution in [3.8, 4) is 6.07 Å². The van der Waals surface area contributed by atoms with Crippen LogP contribution in [0.5, 0.6) is 0 Å². The predicted molar refractivity (Wildman–Crippen MR) is 78.6 cm³/mol. The van der Waals surface area contributed by atoms with Crippen molar-refractivity contribution in [1.29, 1.82) is 5.26 Å². The van der Waals surface area contributed by atoms with Gasteiger partial charge in [0.1, 0.15) is 11.6 Å². The van der Waals surface area contributed by atoms with E-state index in [1.165, 1.54) is 0 Å². The first-order valence-electron chi connectivity index (χ1n) is 6.49. The molecule has 0 saturated carbocycles. The normalized spacial score (nSPS) is 11.1. The van der Waals surface area contributed by atoms with Gasteiger partial charge in [-0.05, 0) is 36.3 Å². The minimum absolute atomic E-state index is 0.113. The molecular formula is C16H15N3O. The van der Waals surface area contributed by atoms with Crippen molar-refractivity contribution >= 4 is 22.9 Å². The first-order chi connectivity index (χ1) is 9.74. The minimum atomic E-state index is -0.333. The number of amides is 1. The molecule has 0 fully saturated rings. The Balaban J connectivity index is 2.30. The third kappa shape index (κ3) is 3.21. The van der Waals surface area contributed by atoms with E-state index >= 15 is 0 Å². The van der Waals surface area contributed by atoms with Gasteiger partial charge >= 0.3 is 0 Å². The summed E-state index contributed by atoms with van der Waals surface area (Å²) in [4.78, 5) is 16.0. The molecule has 0 spiro atoms. The topological polar surface area (TPSA) is 65.8 Å². The summed E-state index contributed by atoms with van der Waals surface area (Å²) in [7, 11) is 0. The first-order valence-corrected chi connectivity index (χ1v) is 6.49. The van der Waals surface area contributed by atoms with E-state index in [1.54, 1.807) is 12.3 Å². The highest BCUT2D eigenvalue weighted by atomic mass is 16.1. The van der Waals surface area contributed by atoms with Crippen LogP contribution in [0.4, 0.5) is 0 Å². The van der Waals surface area contributed by atoms with Crippen molar-refractivity contribution in [2.24, 2.45) is 0 Å². The average Bonchev–Trinajstić information content (AvgIpc) is 2.50. The summed E-state index contributed by atoms with van der Waals surface area (Å²) in [5.74, 6) is -0.333. The van der Waals surface area contributed by atoms with Crippen molar-refractivity contribution in [2.75, 3.05) is 6.54 Å². The van der Waals surface area contributed by atoms with Crippen molar-refractivity contribution in [1.82, 2.24) is 10.3 Å². The fourth-order valence-electron chi connectivity index (χ4n) is 1.83. The molecule has 0 aliphatic carbocycles. The standard InChI is InChI=1S/C16H15N3O/c1-2-7-19-16(20)14(11-17)10-12-5-6-15-13(9-12)4-3-8-18-15/h3-6,8-10H,2,7H2,1H3,(H,19,20)/b14-10-. The second kappa shape index (κ2) is 6.48. The van der Waals surface area contributed by atoms with Gasteiger partial charge in [-0.15, -0.1) is 0 Å². The molecule has 0 unspecified atom stereocenters. The molecule has 1 amide bonds. The minimum Gasteiger partial charge on any atom is -0.351 e. The fourth-order valence-corrected chi connectivity index (χ4v) is 1.83. The molecule has 2 rings (SSSR count). The van der Waals surface area contributed by atoms with E-state index in [0.717, 1.165) is 22.9 Å². The molecule has 0 aliphatic heterocycles. The van der Waals surface area contributed by atoms with E-state index in [1.807, 2.05) is 43.3 Å². The van der Waals surface area contributed by atoms with E-state index < -0.39 is 0 Å².